The van der Waals surface area contributed by atoms with Crippen LogP contribution >= 0.6 is 0 Å². The fourth-order valence-electron chi connectivity index (χ4n) is 2.75. The fourth-order valence-corrected chi connectivity index (χ4v) is 3.98. The number of benzene rings is 1. The van der Waals surface area contributed by atoms with E-state index in [4.69, 9.17) is 4.74 Å². The molecule has 25 heavy (non-hydrogen) atoms. The van der Waals surface area contributed by atoms with Gasteiger partial charge in [-0.05, 0) is 24.5 Å². The van der Waals surface area contributed by atoms with E-state index in [9.17, 15) is 18.3 Å². The second kappa shape index (κ2) is 8.27. The Balaban J connectivity index is 2.14. The van der Waals surface area contributed by atoms with E-state index < -0.39 is 34.3 Å². The minimum absolute atomic E-state index is 0.0515. The van der Waals surface area contributed by atoms with Gasteiger partial charge in [0.25, 0.3) is 0 Å². The number of rotatable bonds is 7. The molecule has 1 saturated heterocycles. The number of nitrogens with one attached hydrogen (secondary N) is 2. The Hall–Kier alpha value is -1.48. The first-order valence-electron chi connectivity index (χ1n) is 8.38. The molecule has 140 valence electrons. The van der Waals surface area contributed by atoms with Gasteiger partial charge in [0.2, 0.25) is 15.9 Å². The molecule has 1 heterocycles. The van der Waals surface area contributed by atoms with Gasteiger partial charge in [0, 0.05) is 5.92 Å². The first-order chi connectivity index (χ1) is 11.7. The maximum Gasteiger partial charge on any atom is 0.241 e. The molecule has 0 radical (unpaired) electrons. The highest BCUT2D eigenvalue weighted by molar-refractivity contribution is 7.89. The quantitative estimate of drug-likeness (QED) is 0.660. The lowest BCUT2D eigenvalue weighted by molar-refractivity contribution is -0.127. The Morgan fingerprint density at radius 2 is 1.96 bits per heavy atom. The molecule has 0 aliphatic carbocycles. The summed E-state index contributed by atoms with van der Waals surface area (Å²) in [7, 11) is -3.82. The van der Waals surface area contributed by atoms with E-state index in [1.54, 1.807) is 18.2 Å². The number of ether oxygens (including phenoxy) is 1. The van der Waals surface area contributed by atoms with Gasteiger partial charge in [0.05, 0.1) is 17.5 Å². The van der Waals surface area contributed by atoms with Crippen LogP contribution in [0.5, 0.6) is 0 Å². The maximum absolute atomic E-state index is 12.6. The normalized spacial score (nSPS) is 25.1. The summed E-state index contributed by atoms with van der Waals surface area (Å²) in [4.78, 5) is 12.7. The van der Waals surface area contributed by atoms with Crippen molar-refractivity contribution in [1.29, 1.82) is 0 Å². The number of carbonyl (C=O) groups excluding carboxylic acids is 1. The highest BCUT2D eigenvalue weighted by atomic mass is 32.2. The highest BCUT2D eigenvalue weighted by Gasteiger charge is 2.36. The average molecular weight is 370 g/mol. The zero-order valence-electron chi connectivity index (χ0n) is 14.7. The summed E-state index contributed by atoms with van der Waals surface area (Å²) in [5, 5.41) is 12.5. The summed E-state index contributed by atoms with van der Waals surface area (Å²) in [6.07, 6.45) is -0.736. The Morgan fingerprint density at radius 3 is 2.48 bits per heavy atom. The van der Waals surface area contributed by atoms with Crippen molar-refractivity contribution < 1.29 is 23.1 Å². The van der Waals surface area contributed by atoms with Crippen LogP contribution in [-0.2, 0) is 19.6 Å². The van der Waals surface area contributed by atoms with Crippen molar-refractivity contribution >= 4 is 15.9 Å². The van der Waals surface area contributed by atoms with Gasteiger partial charge in [-0.25, -0.2) is 8.42 Å². The Labute approximate surface area is 148 Å². The molecular weight excluding hydrogens is 344 g/mol. The molecule has 1 amide bonds. The van der Waals surface area contributed by atoms with E-state index in [0.717, 1.165) is 0 Å². The minimum atomic E-state index is -3.82. The molecule has 1 aromatic carbocycles. The topological polar surface area (TPSA) is 105 Å². The van der Waals surface area contributed by atoms with Crippen LogP contribution in [0.15, 0.2) is 35.2 Å². The van der Waals surface area contributed by atoms with Crippen LogP contribution in [0, 0.1) is 11.8 Å². The van der Waals surface area contributed by atoms with Crippen molar-refractivity contribution in [3.05, 3.63) is 30.3 Å². The predicted molar refractivity (Wildman–Crippen MR) is 93.1 cm³/mol. The number of hydrogen-bond donors (Lipinski definition) is 3. The summed E-state index contributed by atoms with van der Waals surface area (Å²) >= 11 is 0. The van der Waals surface area contributed by atoms with E-state index in [1.807, 2.05) is 20.8 Å². The molecule has 1 fully saturated rings. The summed E-state index contributed by atoms with van der Waals surface area (Å²) in [6.45, 7) is 6.02. The van der Waals surface area contributed by atoms with Gasteiger partial charge in [0.1, 0.15) is 6.04 Å². The SMILES string of the molecule is CC(C)CC(NS(=O)(=O)c1ccccc1)C(=O)NC1C(C)COC1O. The molecule has 1 aliphatic rings. The summed E-state index contributed by atoms with van der Waals surface area (Å²) in [6, 6.07) is 6.45. The summed E-state index contributed by atoms with van der Waals surface area (Å²) in [5.74, 6) is -0.407. The number of hydrogen-bond acceptors (Lipinski definition) is 5. The van der Waals surface area contributed by atoms with Gasteiger partial charge in [-0.3, -0.25) is 4.79 Å². The molecule has 0 bridgehead atoms. The van der Waals surface area contributed by atoms with Gasteiger partial charge < -0.3 is 15.2 Å². The highest BCUT2D eigenvalue weighted by Crippen LogP contribution is 2.19. The Bertz CT molecular complexity index is 668. The molecule has 7 nitrogen and oxygen atoms in total. The molecule has 0 spiro atoms. The van der Waals surface area contributed by atoms with E-state index in [2.05, 4.69) is 10.0 Å². The van der Waals surface area contributed by atoms with Crippen LogP contribution in [0.1, 0.15) is 27.2 Å². The number of aliphatic hydroxyl groups excluding tert-OH is 1. The Kier molecular flexibility index (Phi) is 6.56. The zero-order chi connectivity index (χ0) is 18.6. The first-order valence-corrected chi connectivity index (χ1v) is 9.86. The third-order valence-corrected chi connectivity index (χ3v) is 5.62. The molecule has 3 N–H and O–H groups in total. The van der Waals surface area contributed by atoms with E-state index in [-0.39, 0.29) is 16.7 Å². The van der Waals surface area contributed by atoms with Crippen LogP contribution in [0.3, 0.4) is 0 Å². The Morgan fingerprint density at radius 1 is 1.32 bits per heavy atom. The maximum atomic E-state index is 12.6. The van der Waals surface area contributed by atoms with Crippen molar-refractivity contribution in [2.24, 2.45) is 11.8 Å². The lowest BCUT2D eigenvalue weighted by Crippen LogP contribution is -2.53. The van der Waals surface area contributed by atoms with Gasteiger partial charge >= 0.3 is 0 Å². The second-order valence-corrected chi connectivity index (χ2v) is 8.57. The molecule has 1 aromatic rings. The average Bonchev–Trinajstić information content (AvgIpc) is 2.86. The molecule has 2 rings (SSSR count). The van der Waals surface area contributed by atoms with E-state index in [1.165, 1.54) is 12.1 Å². The third kappa shape index (κ3) is 5.24. The predicted octanol–water partition coefficient (Wildman–Crippen LogP) is 0.849. The second-order valence-electron chi connectivity index (χ2n) is 6.85. The van der Waals surface area contributed by atoms with Gasteiger partial charge in [-0.2, -0.15) is 4.72 Å². The number of aliphatic hydroxyl groups is 1. The van der Waals surface area contributed by atoms with Crippen LogP contribution < -0.4 is 10.0 Å². The largest absolute Gasteiger partial charge is 0.366 e. The van der Waals surface area contributed by atoms with Crippen LogP contribution in [0.4, 0.5) is 0 Å². The van der Waals surface area contributed by atoms with Crippen molar-refractivity contribution in [3.63, 3.8) is 0 Å². The monoisotopic (exact) mass is 370 g/mol. The van der Waals surface area contributed by atoms with Crippen molar-refractivity contribution in [2.75, 3.05) is 6.61 Å². The molecule has 1 aliphatic heterocycles. The molecule has 8 heteroatoms. The van der Waals surface area contributed by atoms with Gasteiger partial charge in [0.15, 0.2) is 6.29 Å². The smallest absolute Gasteiger partial charge is 0.241 e. The number of sulfonamides is 1. The first kappa shape index (κ1) is 19.8. The molecular formula is C17H26N2O5S. The van der Waals surface area contributed by atoms with E-state index >= 15 is 0 Å². The van der Waals surface area contributed by atoms with Crippen molar-refractivity contribution in [3.8, 4) is 0 Å². The minimum Gasteiger partial charge on any atom is -0.366 e. The third-order valence-electron chi connectivity index (χ3n) is 4.13. The number of amides is 1. The van der Waals surface area contributed by atoms with Crippen LogP contribution in [0.2, 0.25) is 0 Å². The van der Waals surface area contributed by atoms with Crippen LogP contribution in [-0.4, -0.2) is 44.4 Å². The molecule has 0 aromatic heterocycles. The van der Waals surface area contributed by atoms with Crippen LogP contribution in [0.25, 0.3) is 0 Å². The van der Waals surface area contributed by atoms with Gasteiger partial charge in [-0.1, -0.05) is 39.0 Å². The van der Waals surface area contributed by atoms with E-state index in [0.29, 0.717) is 13.0 Å². The van der Waals surface area contributed by atoms with Crippen molar-refractivity contribution in [1.82, 2.24) is 10.0 Å². The van der Waals surface area contributed by atoms with Crippen molar-refractivity contribution in [2.45, 2.75) is 50.5 Å². The summed E-state index contributed by atoms with van der Waals surface area (Å²) in [5.41, 5.74) is 0. The fraction of sp³-hybridized carbons (Fsp3) is 0.588. The zero-order valence-corrected chi connectivity index (χ0v) is 15.5. The lowest BCUT2D eigenvalue weighted by Gasteiger charge is -2.24. The molecule has 4 unspecified atom stereocenters. The summed E-state index contributed by atoms with van der Waals surface area (Å²) < 4.78 is 32.7. The molecule has 4 atom stereocenters. The number of carbonyl (C=O) groups is 1. The van der Waals surface area contributed by atoms with Gasteiger partial charge in [-0.15, -0.1) is 0 Å². The lowest BCUT2D eigenvalue weighted by atomic mass is 10.0. The standard InChI is InChI=1S/C17H26N2O5S/c1-11(2)9-14(16(20)18-15-12(3)10-24-17(15)21)19-25(22,23)13-7-5-4-6-8-13/h4-8,11-12,14-15,17,19,21H,9-10H2,1-3H3,(H,18,20). The molecule has 0 saturated carbocycles.